The molecular weight excluding hydrogens is 274 g/mol. The lowest BCUT2D eigenvalue weighted by Crippen LogP contribution is -2.42. The molecule has 114 valence electrons. The third-order valence-electron chi connectivity index (χ3n) is 3.38. The van der Waals surface area contributed by atoms with Gasteiger partial charge in [0.15, 0.2) is 0 Å². The van der Waals surface area contributed by atoms with Crippen molar-refractivity contribution < 1.29 is 9.84 Å². The topological polar surface area (TPSA) is 41.5 Å². The highest BCUT2D eigenvalue weighted by atomic mass is 35.5. The van der Waals surface area contributed by atoms with Crippen molar-refractivity contribution in [3.8, 4) is 5.75 Å². The zero-order chi connectivity index (χ0) is 13.9. The standard InChI is InChI=1S/C16H25NO2.ClH/c1-16(2,3)17-10-14(18)11-19-15-8-7-12-5-4-6-13(12)9-15;/h7-9,14,17-18H,4-6,10-11H2,1-3H3;1H. The molecule has 0 aliphatic heterocycles. The van der Waals surface area contributed by atoms with E-state index >= 15 is 0 Å². The minimum absolute atomic E-state index is 0. The first kappa shape index (κ1) is 17.3. The van der Waals surface area contributed by atoms with Gasteiger partial charge in [-0.15, -0.1) is 12.4 Å². The van der Waals surface area contributed by atoms with Gasteiger partial charge in [0, 0.05) is 12.1 Å². The monoisotopic (exact) mass is 299 g/mol. The summed E-state index contributed by atoms with van der Waals surface area (Å²) < 4.78 is 5.67. The smallest absolute Gasteiger partial charge is 0.119 e. The number of ether oxygens (including phenoxy) is 1. The number of hydrogen-bond donors (Lipinski definition) is 2. The molecule has 1 aromatic carbocycles. The largest absolute Gasteiger partial charge is 0.491 e. The zero-order valence-corrected chi connectivity index (χ0v) is 13.4. The molecule has 1 atom stereocenters. The number of halogens is 1. The second-order valence-electron chi connectivity index (χ2n) is 6.38. The van der Waals surface area contributed by atoms with Crippen molar-refractivity contribution in [2.24, 2.45) is 0 Å². The first-order valence-corrected chi connectivity index (χ1v) is 7.12. The van der Waals surface area contributed by atoms with Crippen LogP contribution >= 0.6 is 12.4 Å². The quantitative estimate of drug-likeness (QED) is 0.878. The van der Waals surface area contributed by atoms with E-state index in [0.29, 0.717) is 13.2 Å². The van der Waals surface area contributed by atoms with Gasteiger partial charge in [-0.2, -0.15) is 0 Å². The van der Waals surface area contributed by atoms with Crippen LogP contribution in [-0.4, -0.2) is 29.9 Å². The summed E-state index contributed by atoms with van der Waals surface area (Å²) in [5.41, 5.74) is 2.87. The summed E-state index contributed by atoms with van der Waals surface area (Å²) in [6.07, 6.45) is 3.11. The summed E-state index contributed by atoms with van der Waals surface area (Å²) in [4.78, 5) is 0. The van der Waals surface area contributed by atoms with Gasteiger partial charge < -0.3 is 15.2 Å². The summed E-state index contributed by atoms with van der Waals surface area (Å²) >= 11 is 0. The molecule has 0 bridgehead atoms. The molecule has 20 heavy (non-hydrogen) atoms. The molecule has 1 aliphatic carbocycles. The molecule has 0 saturated carbocycles. The molecule has 0 aromatic heterocycles. The molecule has 2 rings (SSSR count). The van der Waals surface area contributed by atoms with Gasteiger partial charge in [0.2, 0.25) is 0 Å². The summed E-state index contributed by atoms with van der Waals surface area (Å²) in [7, 11) is 0. The second-order valence-corrected chi connectivity index (χ2v) is 6.38. The van der Waals surface area contributed by atoms with Gasteiger partial charge in [0.05, 0.1) is 0 Å². The van der Waals surface area contributed by atoms with Gasteiger partial charge in [-0.1, -0.05) is 6.07 Å². The van der Waals surface area contributed by atoms with Crippen molar-refractivity contribution in [1.82, 2.24) is 5.32 Å². The number of fused-ring (bicyclic) bond motifs is 1. The van der Waals surface area contributed by atoms with Crippen LogP contribution in [0.2, 0.25) is 0 Å². The molecule has 0 saturated heterocycles. The van der Waals surface area contributed by atoms with Crippen LogP contribution in [0.1, 0.15) is 38.3 Å². The average molecular weight is 300 g/mol. The summed E-state index contributed by atoms with van der Waals surface area (Å²) in [5.74, 6) is 0.871. The maximum Gasteiger partial charge on any atom is 0.119 e. The number of aliphatic hydroxyl groups is 1. The zero-order valence-electron chi connectivity index (χ0n) is 12.6. The Morgan fingerprint density at radius 1 is 1.25 bits per heavy atom. The van der Waals surface area contributed by atoms with Gasteiger partial charge in [0.25, 0.3) is 0 Å². The lowest BCUT2D eigenvalue weighted by atomic mass is 10.1. The molecular formula is C16H26ClNO2. The molecule has 0 heterocycles. The number of aryl methyl sites for hydroxylation is 2. The van der Waals surface area contributed by atoms with E-state index < -0.39 is 6.10 Å². The van der Waals surface area contributed by atoms with E-state index in [4.69, 9.17) is 4.74 Å². The first-order valence-electron chi connectivity index (χ1n) is 7.12. The summed E-state index contributed by atoms with van der Waals surface area (Å²) in [5, 5.41) is 13.1. The third-order valence-corrected chi connectivity index (χ3v) is 3.38. The summed E-state index contributed by atoms with van der Waals surface area (Å²) in [6, 6.07) is 6.28. The molecule has 0 fully saturated rings. The van der Waals surface area contributed by atoms with E-state index in [-0.39, 0.29) is 17.9 Å². The lowest BCUT2D eigenvalue weighted by Gasteiger charge is -2.23. The van der Waals surface area contributed by atoms with Crippen molar-refractivity contribution in [2.45, 2.75) is 51.7 Å². The van der Waals surface area contributed by atoms with E-state index in [1.807, 2.05) is 6.07 Å². The van der Waals surface area contributed by atoms with Crippen LogP contribution in [0.4, 0.5) is 0 Å². The number of nitrogens with one attached hydrogen (secondary N) is 1. The maximum atomic E-state index is 9.88. The summed E-state index contributed by atoms with van der Waals surface area (Å²) in [6.45, 7) is 7.14. The maximum absolute atomic E-state index is 9.88. The Hall–Kier alpha value is -0.770. The van der Waals surface area contributed by atoms with Gasteiger partial charge in [-0.25, -0.2) is 0 Å². The van der Waals surface area contributed by atoms with Crippen LogP contribution in [0.5, 0.6) is 5.75 Å². The van der Waals surface area contributed by atoms with Crippen LogP contribution in [0, 0.1) is 0 Å². The molecule has 0 amide bonds. The molecule has 1 aliphatic rings. The first-order chi connectivity index (χ1) is 8.94. The van der Waals surface area contributed by atoms with Gasteiger partial charge in [-0.3, -0.25) is 0 Å². The molecule has 1 aromatic rings. The van der Waals surface area contributed by atoms with Crippen LogP contribution in [-0.2, 0) is 12.8 Å². The Bertz CT molecular complexity index is 429. The minimum Gasteiger partial charge on any atom is -0.491 e. The highest BCUT2D eigenvalue weighted by Crippen LogP contribution is 2.26. The number of hydrogen-bond acceptors (Lipinski definition) is 3. The number of β-amino-alcohol motifs (C(OH)–C–C–N with tert-alkyl or cyclic N) is 1. The van der Waals surface area contributed by atoms with Crippen LogP contribution in [0.15, 0.2) is 18.2 Å². The van der Waals surface area contributed by atoms with Gasteiger partial charge in [0.1, 0.15) is 18.5 Å². The average Bonchev–Trinajstić information content (AvgIpc) is 2.80. The second kappa shape index (κ2) is 7.30. The lowest BCUT2D eigenvalue weighted by molar-refractivity contribution is 0.100. The van der Waals surface area contributed by atoms with E-state index in [9.17, 15) is 5.11 Å². The molecule has 1 unspecified atom stereocenters. The Labute approximate surface area is 128 Å². The van der Waals surface area contributed by atoms with Crippen molar-refractivity contribution in [2.75, 3.05) is 13.2 Å². The van der Waals surface area contributed by atoms with E-state index in [2.05, 4.69) is 38.2 Å². The number of aliphatic hydroxyl groups excluding tert-OH is 1. The fraction of sp³-hybridized carbons (Fsp3) is 0.625. The predicted molar refractivity (Wildman–Crippen MR) is 85.0 cm³/mol. The van der Waals surface area contributed by atoms with Crippen molar-refractivity contribution in [1.29, 1.82) is 0 Å². The third kappa shape index (κ3) is 5.31. The fourth-order valence-corrected chi connectivity index (χ4v) is 2.31. The minimum atomic E-state index is -0.479. The van der Waals surface area contributed by atoms with Crippen LogP contribution in [0.25, 0.3) is 0 Å². The molecule has 4 heteroatoms. The molecule has 0 radical (unpaired) electrons. The normalized spacial score (nSPS) is 15.4. The van der Waals surface area contributed by atoms with E-state index in [1.54, 1.807) is 0 Å². The van der Waals surface area contributed by atoms with Crippen LogP contribution < -0.4 is 10.1 Å². The Morgan fingerprint density at radius 3 is 2.65 bits per heavy atom. The molecule has 3 nitrogen and oxygen atoms in total. The molecule has 0 spiro atoms. The van der Waals surface area contributed by atoms with Crippen molar-refractivity contribution >= 4 is 12.4 Å². The van der Waals surface area contributed by atoms with Crippen LogP contribution in [0.3, 0.4) is 0 Å². The highest BCUT2D eigenvalue weighted by molar-refractivity contribution is 5.85. The fourth-order valence-electron chi connectivity index (χ4n) is 2.31. The Morgan fingerprint density at radius 2 is 1.95 bits per heavy atom. The SMILES string of the molecule is CC(C)(C)NCC(O)COc1ccc2c(c1)CCC2.Cl. The Balaban J connectivity index is 0.00000200. The van der Waals surface area contributed by atoms with E-state index in [1.165, 1.54) is 24.0 Å². The highest BCUT2D eigenvalue weighted by Gasteiger charge is 2.14. The van der Waals surface area contributed by atoms with Gasteiger partial charge in [-0.05, 0) is 63.3 Å². The number of benzene rings is 1. The molecule has 2 N–H and O–H groups in total. The predicted octanol–water partition coefficient (Wildman–Crippen LogP) is 2.72. The van der Waals surface area contributed by atoms with Crippen molar-refractivity contribution in [3.05, 3.63) is 29.3 Å². The van der Waals surface area contributed by atoms with E-state index in [0.717, 1.165) is 12.2 Å². The van der Waals surface area contributed by atoms with Crippen molar-refractivity contribution in [3.63, 3.8) is 0 Å². The number of rotatable bonds is 5. The Kier molecular flexibility index (Phi) is 6.31. The van der Waals surface area contributed by atoms with Gasteiger partial charge >= 0.3 is 0 Å².